The third kappa shape index (κ3) is 2.25. The molecule has 1 aromatic carbocycles. The van der Waals surface area contributed by atoms with Gasteiger partial charge >= 0.3 is 0 Å². The van der Waals surface area contributed by atoms with Gasteiger partial charge in [-0.3, -0.25) is 0 Å². The molecule has 0 aromatic heterocycles. The van der Waals surface area contributed by atoms with Gasteiger partial charge in [0.2, 0.25) is 0 Å². The number of ether oxygens (including phenoxy) is 2. The molecular weight excluding hydrogens is 280 g/mol. The maximum atomic E-state index is 6.41. The van der Waals surface area contributed by atoms with Crippen molar-refractivity contribution in [1.29, 1.82) is 0 Å². The molecule has 0 aliphatic carbocycles. The summed E-state index contributed by atoms with van der Waals surface area (Å²) in [4.78, 5) is 1.30. The molecule has 21 heavy (non-hydrogen) atoms. The van der Waals surface area contributed by atoms with Crippen molar-refractivity contribution in [3.05, 3.63) is 29.8 Å². The summed E-state index contributed by atoms with van der Waals surface area (Å²) in [6.45, 7) is 9.72. The molecule has 116 valence electrons. The first-order valence-corrected chi connectivity index (χ1v) is 8.99. The highest BCUT2D eigenvalue weighted by molar-refractivity contribution is 7.98. The normalized spacial score (nSPS) is 37.1. The molecule has 0 spiro atoms. The zero-order valence-electron chi connectivity index (χ0n) is 13.7. The van der Waals surface area contributed by atoms with Gasteiger partial charge in [0, 0.05) is 10.3 Å². The molecule has 2 aliphatic rings. The predicted molar refractivity (Wildman–Crippen MR) is 87.7 cm³/mol. The van der Waals surface area contributed by atoms with Crippen molar-refractivity contribution in [2.75, 3.05) is 6.26 Å². The highest BCUT2D eigenvalue weighted by Crippen LogP contribution is 2.61. The Bertz CT molecular complexity index is 542. The van der Waals surface area contributed by atoms with Gasteiger partial charge in [0.25, 0.3) is 0 Å². The van der Waals surface area contributed by atoms with Crippen LogP contribution in [0.1, 0.15) is 46.1 Å². The molecule has 3 atom stereocenters. The van der Waals surface area contributed by atoms with Crippen molar-refractivity contribution in [2.24, 2.45) is 5.41 Å². The minimum Gasteiger partial charge on any atom is -0.370 e. The van der Waals surface area contributed by atoms with Crippen molar-refractivity contribution in [2.45, 2.75) is 69.3 Å². The van der Waals surface area contributed by atoms with Crippen molar-refractivity contribution in [3.8, 4) is 0 Å². The number of benzene rings is 1. The monoisotopic (exact) mass is 306 g/mol. The second-order valence-corrected chi connectivity index (χ2v) is 8.22. The van der Waals surface area contributed by atoms with Crippen molar-refractivity contribution in [1.82, 2.24) is 0 Å². The van der Waals surface area contributed by atoms with Gasteiger partial charge in [-0.05, 0) is 44.6 Å². The summed E-state index contributed by atoms with van der Waals surface area (Å²) in [5.41, 5.74) is 1.14. The molecule has 0 unspecified atom stereocenters. The van der Waals surface area contributed by atoms with Crippen LogP contribution < -0.4 is 0 Å². The Kier molecular flexibility index (Phi) is 3.67. The van der Waals surface area contributed by atoms with Crippen LogP contribution in [0.4, 0.5) is 0 Å². The van der Waals surface area contributed by atoms with Gasteiger partial charge in [0.15, 0.2) is 0 Å². The zero-order valence-corrected chi connectivity index (χ0v) is 14.5. The number of hydrogen-bond donors (Lipinski definition) is 0. The Morgan fingerprint density at radius 2 is 1.90 bits per heavy atom. The van der Waals surface area contributed by atoms with Gasteiger partial charge in [0.1, 0.15) is 0 Å². The van der Waals surface area contributed by atoms with E-state index in [1.807, 2.05) is 0 Å². The van der Waals surface area contributed by atoms with Crippen LogP contribution in [0.25, 0.3) is 0 Å². The van der Waals surface area contributed by atoms with Crippen LogP contribution >= 0.6 is 11.8 Å². The van der Waals surface area contributed by atoms with Gasteiger partial charge in [-0.25, -0.2) is 0 Å². The number of hydrogen-bond acceptors (Lipinski definition) is 3. The van der Waals surface area contributed by atoms with Crippen molar-refractivity contribution in [3.63, 3.8) is 0 Å². The lowest BCUT2D eigenvalue weighted by Crippen LogP contribution is -2.50. The van der Waals surface area contributed by atoms with E-state index >= 15 is 0 Å². The third-order valence-electron chi connectivity index (χ3n) is 5.73. The molecule has 2 saturated heterocycles. The maximum absolute atomic E-state index is 6.41. The van der Waals surface area contributed by atoms with Gasteiger partial charge < -0.3 is 9.47 Å². The summed E-state index contributed by atoms with van der Waals surface area (Å²) in [6.07, 6.45) is 4.50. The molecule has 0 saturated carbocycles. The van der Waals surface area contributed by atoms with Crippen molar-refractivity contribution >= 4 is 11.8 Å². The molecule has 3 rings (SSSR count). The zero-order chi connectivity index (χ0) is 15.3. The molecule has 0 amide bonds. The van der Waals surface area contributed by atoms with Crippen LogP contribution in [-0.4, -0.2) is 23.6 Å². The Morgan fingerprint density at radius 3 is 2.52 bits per heavy atom. The number of fused-ring (bicyclic) bond motifs is 2. The molecule has 0 radical (unpaired) electrons. The largest absolute Gasteiger partial charge is 0.370 e. The maximum Gasteiger partial charge on any atom is 0.0944 e. The molecule has 2 heterocycles. The quantitative estimate of drug-likeness (QED) is 0.754. The Balaban J connectivity index is 1.79. The fourth-order valence-corrected chi connectivity index (χ4v) is 4.77. The lowest BCUT2D eigenvalue weighted by molar-refractivity contribution is -0.0898. The summed E-state index contributed by atoms with van der Waals surface area (Å²) >= 11 is 1.78. The molecule has 1 aromatic rings. The van der Waals surface area contributed by atoms with Gasteiger partial charge in [-0.2, -0.15) is 0 Å². The summed E-state index contributed by atoms with van der Waals surface area (Å²) in [5, 5.41) is 0. The van der Waals surface area contributed by atoms with Crippen LogP contribution in [0.2, 0.25) is 0 Å². The van der Waals surface area contributed by atoms with Crippen LogP contribution in [0.5, 0.6) is 0 Å². The van der Waals surface area contributed by atoms with Gasteiger partial charge in [-0.1, -0.05) is 32.0 Å². The fourth-order valence-electron chi connectivity index (χ4n) is 4.16. The van der Waals surface area contributed by atoms with Crippen LogP contribution in [0.3, 0.4) is 0 Å². The minimum atomic E-state index is -0.132. The summed E-state index contributed by atoms with van der Waals surface area (Å²) in [6, 6.07) is 8.50. The van der Waals surface area contributed by atoms with E-state index in [2.05, 4.69) is 58.2 Å². The SMILES string of the molecule is CSc1ccccc1CO[C@@H]1C(C)(C)[C@]2(C)CC[C@@]1(C)O2. The number of thioether (sulfide) groups is 1. The lowest BCUT2D eigenvalue weighted by Gasteiger charge is -2.43. The molecule has 2 bridgehead atoms. The first-order chi connectivity index (χ1) is 9.82. The van der Waals surface area contributed by atoms with Crippen molar-refractivity contribution < 1.29 is 9.47 Å². The minimum absolute atomic E-state index is 0.0499. The molecule has 2 nitrogen and oxygen atoms in total. The average Bonchev–Trinajstić information content (AvgIpc) is 2.83. The van der Waals surface area contributed by atoms with Crippen LogP contribution in [-0.2, 0) is 16.1 Å². The molecule has 3 heteroatoms. The first-order valence-electron chi connectivity index (χ1n) is 7.76. The van der Waals surface area contributed by atoms with E-state index < -0.39 is 0 Å². The third-order valence-corrected chi connectivity index (χ3v) is 6.57. The second kappa shape index (κ2) is 5.00. The lowest BCUT2D eigenvalue weighted by atomic mass is 9.64. The highest BCUT2D eigenvalue weighted by atomic mass is 32.2. The fraction of sp³-hybridized carbons (Fsp3) is 0.667. The Morgan fingerprint density at radius 1 is 1.19 bits per heavy atom. The van der Waals surface area contributed by atoms with E-state index in [0.29, 0.717) is 6.61 Å². The molecule has 2 aliphatic heterocycles. The van der Waals surface area contributed by atoms with E-state index in [0.717, 1.165) is 12.8 Å². The van der Waals surface area contributed by atoms with Gasteiger partial charge in [-0.15, -0.1) is 11.8 Å². The summed E-state index contributed by atoms with van der Waals surface area (Å²) in [5.74, 6) is 0. The van der Waals surface area contributed by atoms with E-state index in [-0.39, 0.29) is 22.7 Å². The molecule has 0 N–H and O–H groups in total. The van der Waals surface area contributed by atoms with Gasteiger partial charge in [0.05, 0.1) is 23.9 Å². The molecular formula is C18H26O2S. The average molecular weight is 306 g/mol. The van der Waals surface area contributed by atoms with Crippen LogP contribution in [0, 0.1) is 5.41 Å². The molecule has 2 fully saturated rings. The number of rotatable bonds is 4. The van der Waals surface area contributed by atoms with Crippen LogP contribution in [0.15, 0.2) is 29.2 Å². The van der Waals surface area contributed by atoms with E-state index in [1.54, 1.807) is 11.8 Å². The van der Waals surface area contributed by atoms with E-state index in [4.69, 9.17) is 9.47 Å². The highest BCUT2D eigenvalue weighted by Gasteiger charge is 2.68. The Hall–Kier alpha value is -0.510. The first kappa shape index (κ1) is 15.4. The second-order valence-electron chi connectivity index (χ2n) is 7.37. The summed E-state index contributed by atoms with van der Waals surface area (Å²) in [7, 11) is 0. The summed E-state index contributed by atoms with van der Waals surface area (Å²) < 4.78 is 12.8. The smallest absolute Gasteiger partial charge is 0.0944 e. The predicted octanol–water partition coefficient (Wildman–Crippen LogP) is 4.66. The topological polar surface area (TPSA) is 18.5 Å². The van der Waals surface area contributed by atoms with E-state index in [1.165, 1.54) is 10.5 Å². The van der Waals surface area contributed by atoms with E-state index in [9.17, 15) is 0 Å². The Labute approximate surface area is 132 Å². The standard InChI is InChI=1S/C18H26O2S/c1-16(2)15(17(3)10-11-18(16,4)20-17)19-12-13-8-6-7-9-14(13)21-5/h6-9,15H,10-12H2,1-5H3/t15-,17-,18+/m1/s1.